The van der Waals surface area contributed by atoms with E-state index in [2.05, 4.69) is 4.74 Å². The van der Waals surface area contributed by atoms with E-state index < -0.39 is 30.2 Å². The van der Waals surface area contributed by atoms with Crippen LogP contribution in [0.3, 0.4) is 0 Å². The monoisotopic (exact) mass is 226 g/mol. The molecule has 0 unspecified atom stereocenters. The predicted molar refractivity (Wildman–Crippen MR) is 42.6 cm³/mol. The Bertz CT molecular complexity index is 335. The average molecular weight is 226 g/mol. The van der Waals surface area contributed by atoms with Crippen LogP contribution >= 0.6 is 0 Å². The maximum absolute atomic E-state index is 12.9. The average Bonchev–Trinajstić information content (AvgIpc) is 2.09. The van der Waals surface area contributed by atoms with Crippen molar-refractivity contribution in [3.63, 3.8) is 0 Å². The summed E-state index contributed by atoms with van der Waals surface area (Å²) in [4.78, 5) is 0. The number of alkyl halides is 3. The van der Waals surface area contributed by atoms with Crippen LogP contribution in [0.15, 0.2) is 12.1 Å². The molecule has 0 bridgehead atoms. The van der Waals surface area contributed by atoms with E-state index in [4.69, 9.17) is 0 Å². The van der Waals surface area contributed by atoms with Crippen LogP contribution in [0, 0.1) is 18.6 Å². The third-order valence-electron chi connectivity index (χ3n) is 1.66. The second kappa shape index (κ2) is 4.04. The molecule has 0 radical (unpaired) electrons. The summed E-state index contributed by atoms with van der Waals surface area (Å²) in [6, 6.07) is 1.42. The Hall–Kier alpha value is -1.33. The molecular weight excluding hydrogens is 219 g/mol. The lowest BCUT2D eigenvalue weighted by molar-refractivity contribution is -0.153. The molecule has 0 saturated heterocycles. The molecular formula is C9H7F5O. The quantitative estimate of drug-likeness (QED) is 0.703. The topological polar surface area (TPSA) is 9.23 Å². The summed E-state index contributed by atoms with van der Waals surface area (Å²) in [5.41, 5.74) is -0.255. The maximum atomic E-state index is 12.9. The van der Waals surface area contributed by atoms with Gasteiger partial charge in [-0.1, -0.05) is 0 Å². The molecule has 0 heterocycles. The van der Waals surface area contributed by atoms with Crippen LogP contribution in [-0.2, 0) is 0 Å². The van der Waals surface area contributed by atoms with E-state index in [-0.39, 0.29) is 5.56 Å². The smallest absolute Gasteiger partial charge is 0.422 e. The van der Waals surface area contributed by atoms with Crippen molar-refractivity contribution in [2.45, 2.75) is 13.1 Å². The fraction of sp³-hybridized carbons (Fsp3) is 0.333. The number of benzene rings is 1. The molecule has 0 N–H and O–H groups in total. The number of rotatable bonds is 2. The zero-order chi connectivity index (χ0) is 11.6. The molecule has 0 atom stereocenters. The molecule has 0 aromatic heterocycles. The van der Waals surface area contributed by atoms with Crippen molar-refractivity contribution in [1.29, 1.82) is 0 Å². The van der Waals surface area contributed by atoms with Gasteiger partial charge >= 0.3 is 6.18 Å². The molecule has 1 aromatic rings. The number of halogens is 5. The van der Waals surface area contributed by atoms with E-state index in [0.29, 0.717) is 12.1 Å². The third-order valence-corrected chi connectivity index (χ3v) is 1.66. The van der Waals surface area contributed by atoms with Crippen molar-refractivity contribution in [3.05, 3.63) is 29.3 Å². The van der Waals surface area contributed by atoms with Gasteiger partial charge in [-0.3, -0.25) is 0 Å². The maximum Gasteiger partial charge on any atom is 0.422 e. The molecule has 84 valence electrons. The van der Waals surface area contributed by atoms with E-state index in [1.165, 1.54) is 6.92 Å². The lowest BCUT2D eigenvalue weighted by Gasteiger charge is -2.10. The van der Waals surface area contributed by atoms with Crippen molar-refractivity contribution >= 4 is 0 Å². The van der Waals surface area contributed by atoms with Crippen LogP contribution in [0.1, 0.15) is 5.56 Å². The number of hydrogen-bond donors (Lipinski definition) is 0. The van der Waals surface area contributed by atoms with Crippen LogP contribution in [-0.4, -0.2) is 12.8 Å². The summed E-state index contributed by atoms with van der Waals surface area (Å²) >= 11 is 0. The summed E-state index contributed by atoms with van der Waals surface area (Å²) < 4.78 is 65.0. The molecule has 0 aliphatic rings. The van der Waals surface area contributed by atoms with Gasteiger partial charge in [0.05, 0.1) is 0 Å². The third kappa shape index (κ3) is 3.38. The highest BCUT2D eigenvalue weighted by Gasteiger charge is 2.28. The van der Waals surface area contributed by atoms with Gasteiger partial charge in [-0.15, -0.1) is 0 Å². The summed E-state index contributed by atoms with van der Waals surface area (Å²) in [5.74, 6) is -2.35. The van der Waals surface area contributed by atoms with E-state index >= 15 is 0 Å². The Morgan fingerprint density at radius 3 is 2.00 bits per heavy atom. The van der Waals surface area contributed by atoms with Crippen molar-refractivity contribution in [2.75, 3.05) is 6.61 Å². The standard InChI is InChI=1S/C9H7F5O/c1-5-7(10)2-6(3-8(5)11)15-4-9(12,13)14/h2-3H,4H2,1H3. The van der Waals surface area contributed by atoms with Gasteiger partial charge in [0, 0.05) is 17.7 Å². The van der Waals surface area contributed by atoms with Gasteiger partial charge in [0.1, 0.15) is 17.4 Å². The fourth-order valence-electron chi connectivity index (χ4n) is 0.871. The first-order valence-corrected chi connectivity index (χ1v) is 3.95. The molecule has 0 saturated carbocycles. The van der Waals surface area contributed by atoms with Gasteiger partial charge in [0.25, 0.3) is 0 Å². The molecule has 0 spiro atoms. The molecule has 0 amide bonds. The van der Waals surface area contributed by atoms with E-state index in [1.54, 1.807) is 0 Å². The van der Waals surface area contributed by atoms with Crippen molar-refractivity contribution in [3.8, 4) is 5.75 Å². The Kier molecular flexibility index (Phi) is 3.16. The molecule has 6 heteroatoms. The molecule has 0 aliphatic heterocycles. The van der Waals surface area contributed by atoms with Gasteiger partial charge < -0.3 is 4.74 Å². The lowest BCUT2D eigenvalue weighted by atomic mass is 10.2. The number of hydrogen-bond acceptors (Lipinski definition) is 1. The molecule has 1 aromatic carbocycles. The summed E-state index contributed by atoms with van der Waals surface area (Å²) in [5, 5.41) is 0. The second-order valence-electron chi connectivity index (χ2n) is 2.92. The normalized spacial score (nSPS) is 11.6. The van der Waals surface area contributed by atoms with E-state index in [1.807, 2.05) is 0 Å². The van der Waals surface area contributed by atoms with Gasteiger partial charge in [-0.2, -0.15) is 13.2 Å². The highest BCUT2D eigenvalue weighted by Crippen LogP contribution is 2.22. The molecule has 1 nitrogen and oxygen atoms in total. The van der Waals surface area contributed by atoms with Gasteiger partial charge in [-0.05, 0) is 6.92 Å². The minimum absolute atomic E-state index is 0.255. The molecule has 1 rings (SSSR count). The molecule has 0 aliphatic carbocycles. The lowest BCUT2D eigenvalue weighted by Crippen LogP contribution is -2.19. The summed E-state index contributed by atoms with van der Waals surface area (Å²) in [6.07, 6.45) is -4.53. The fourth-order valence-corrected chi connectivity index (χ4v) is 0.871. The SMILES string of the molecule is Cc1c(F)cc(OCC(F)(F)F)cc1F. The largest absolute Gasteiger partial charge is 0.484 e. The van der Waals surface area contributed by atoms with Crippen LogP contribution in [0.25, 0.3) is 0 Å². The zero-order valence-electron chi connectivity index (χ0n) is 7.66. The minimum atomic E-state index is -4.53. The van der Waals surface area contributed by atoms with E-state index in [0.717, 1.165) is 0 Å². The Labute approximate surface area is 82.5 Å². The Balaban J connectivity index is 2.80. The first-order chi connectivity index (χ1) is 6.79. The van der Waals surface area contributed by atoms with Crippen molar-refractivity contribution < 1.29 is 26.7 Å². The Morgan fingerprint density at radius 2 is 1.60 bits per heavy atom. The zero-order valence-corrected chi connectivity index (χ0v) is 7.66. The van der Waals surface area contributed by atoms with Crippen LogP contribution in [0.4, 0.5) is 22.0 Å². The van der Waals surface area contributed by atoms with Crippen molar-refractivity contribution in [1.82, 2.24) is 0 Å². The summed E-state index contributed by atoms with van der Waals surface area (Å²) in [6.45, 7) is -0.396. The Morgan fingerprint density at radius 1 is 1.13 bits per heavy atom. The van der Waals surface area contributed by atoms with Gasteiger partial charge in [0.2, 0.25) is 0 Å². The molecule has 15 heavy (non-hydrogen) atoms. The first-order valence-electron chi connectivity index (χ1n) is 3.95. The van der Waals surface area contributed by atoms with Crippen LogP contribution < -0.4 is 4.74 Å². The predicted octanol–water partition coefficient (Wildman–Crippen LogP) is 3.21. The summed E-state index contributed by atoms with van der Waals surface area (Å²) in [7, 11) is 0. The van der Waals surface area contributed by atoms with Crippen LogP contribution in [0.5, 0.6) is 5.75 Å². The van der Waals surface area contributed by atoms with E-state index in [9.17, 15) is 22.0 Å². The van der Waals surface area contributed by atoms with Gasteiger partial charge in [0.15, 0.2) is 6.61 Å². The highest BCUT2D eigenvalue weighted by molar-refractivity contribution is 5.29. The highest BCUT2D eigenvalue weighted by atomic mass is 19.4. The van der Waals surface area contributed by atoms with Crippen molar-refractivity contribution in [2.24, 2.45) is 0 Å². The minimum Gasteiger partial charge on any atom is -0.484 e. The van der Waals surface area contributed by atoms with Crippen LogP contribution in [0.2, 0.25) is 0 Å². The second-order valence-corrected chi connectivity index (χ2v) is 2.92. The first kappa shape index (κ1) is 11.7. The van der Waals surface area contributed by atoms with Gasteiger partial charge in [-0.25, -0.2) is 8.78 Å². The number of ether oxygens (including phenoxy) is 1. The molecule has 0 fully saturated rings.